The number of nitrogens with zero attached hydrogens (tertiary/aromatic N) is 2. The zero-order chi connectivity index (χ0) is 24.9. The molecular weight excluding hydrogens is 490 g/mol. The Bertz CT molecular complexity index is 1210. The molecule has 2 aliphatic rings. The number of piperazine rings is 1. The molecule has 0 bridgehead atoms. The third-order valence-corrected chi connectivity index (χ3v) is 7.03. The lowest BCUT2D eigenvalue weighted by Crippen LogP contribution is -2.58. The molecule has 34 heavy (non-hydrogen) atoms. The van der Waals surface area contributed by atoms with Gasteiger partial charge in [-0.2, -0.15) is 31.1 Å². The van der Waals surface area contributed by atoms with Gasteiger partial charge in [-0.25, -0.2) is 8.42 Å². The highest BCUT2D eigenvalue weighted by Crippen LogP contribution is 2.35. The summed E-state index contributed by atoms with van der Waals surface area (Å²) in [4.78, 5) is 15.4. The first-order valence-electron chi connectivity index (χ1n) is 9.97. The van der Waals surface area contributed by atoms with Gasteiger partial charge < -0.3 is 15.1 Å². The predicted molar refractivity (Wildman–Crippen MR) is 109 cm³/mol. The van der Waals surface area contributed by atoms with Crippen LogP contribution >= 0.6 is 0 Å². The van der Waals surface area contributed by atoms with E-state index in [-0.39, 0.29) is 31.9 Å². The minimum Gasteiger partial charge on any atom is -0.368 e. The van der Waals surface area contributed by atoms with E-state index in [1.165, 1.54) is 17.0 Å². The quantitative estimate of drug-likeness (QED) is 0.610. The summed E-state index contributed by atoms with van der Waals surface area (Å²) < 4.78 is 105. The smallest absolute Gasteiger partial charge is 0.368 e. The maximum Gasteiger partial charge on any atom is 0.416 e. The van der Waals surface area contributed by atoms with Gasteiger partial charge in [0.2, 0.25) is 10.0 Å². The number of sulfonamides is 1. The highest BCUT2D eigenvalue weighted by Gasteiger charge is 2.39. The summed E-state index contributed by atoms with van der Waals surface area (Å²) in [5, 5.41) is 2.51. The Kier molecular flexibility index (Phi) is 5.92. The number of hydrogen-bond donors (Lipinski definition) is 2. The summed E-state index contributed by atoms with van der Waals surface area (Å²) in [6.45, 7) is 0.511. The van der Waals surface area contributed by atoms with E-state index >= 15 is 0 Å². The Morgan fingerprint density at radius 1 is 0.882 bits per heavy atom. The molecule has 4 rings (SSSR count). The van der Waals surface area contributed by atoms with Crippen LogP contribution in [0.25, 0.3) is 0 Å². The lowest BCUT2D eigenvalue weighted by Gasteiger charge is -2.38. The van der Waals surface area contributed by atoms with Crippen LogP contribution in [0.5, 0.6) is 0 Å². The van der Waals surface area contributed by atoms with Crippen molar-refractivity contribution in [2.45, 2.75) is 23.4 Å². The molecular formula is C20H18F6N4O3S. The maximum atomic E-state index is 13.0. The van der Waals surface area contributed by atoms with Gasteiger partial charge in [0.25, 0.3) is 5.91 Å². The SMILES string of the molecule is O=C(C1Nc2cc(C(F)(F)F)ccc2S(=O)(=O)N1)N1CCN(c2cccc(C(F)(F)F)c2)CC1. The molecule has 1 fully saturated rings. The molecule has 1 atom stereocenters. The zero-order valence-electron chi connectivity index (χ0n) is 17.2. The summed E-state index contributed by atoms with van der Waals surface area (Å²) in [5.41, 5.74) is -1.90. The van der Waals surface area contributed by atoms with Crippen LogP contribution in [0.3, 0.4) is 0 Å². The van der Waals surface area contributed by atoms with Crippen LogP contribution < -0.4 is 14.9 Å². The number of carbonyl (C=O) groups is 1. The van der Waals surface area contributed by atoms with Crippen molar-refractivity contribution in [3.63, 3.8) is 0 Å². The van der Waals surface area contributed by atoms with E-state index in [4.69, 9.17) is 0 Å². The fourth-order valence-corrected chi connectivity index (χ4v) is 5.07. The topological polar surface area (TPSA) is 81.7 Å². The van der Waals surface area contributed by atoms with Gasteiger partial charge in [-0.1, -0.05) is 6.07 Å². The molecule has 2 aromatic carbocycles. The number of amides is 1. The van der Waals surface area contributed by atoms with Crippen LogP contribution in [-0.4, -0.2) is 51.6 Å². The summed E-state index contributed by atoms with van der Waals surface area (Å²) in [6.07, 6.45) is -10.7. The van der Waals surface area contributed by atoms with Crippen molar-refractivity contribution in [1.29, 1.82) is 0 Å². The molecule has 0 saturated carbocycles. The number of nitrogens with one attached hydrogen (secondary N) is 2. The molecule has 0 spiro atoms. The van der Waals surface area contributed by atoms with Gasteiger partial charge in [0.1, 0.15) is 4.90 Å². The molecule has 0 aliphatic carbocycles. The number of anilines is 2. The van der Waals surface area contributed by atoms with Crippen molar-refractivity contribution in [3.05, 3.63) is 53.6 Å². The van der Waals surface area contributed by atoms with Gasteiger partial charge >= 0.3 is 12.4 Å². The summed E-state index contributed by atoms with van der Waals surface area (Å²) >= 11 is 0. The van der Waals surface area contributed by atoms with Crippen molar-refractivity contribution < 1.29 is 39.6 Å². The highest BCUT2D eigenvalue weighted by molar-refractivity contribution is 7.89. The van der Waals surface area contributed by atoms with Crippen LogP contribution in [-0.2, 0) is 27.2 Å². The molecule has 14 heteroatoms. The average Bonchev–Trinajstić information content (AvgIpc) is 2.77. The standard InChI is InChI=1S/C20H18F6N4O3S/c21-19(22,23)12-2-1-3-14(10-12)29-6-8-30(9-7-29)18(31)17-27-15-11-13(20(24,25)26)4-5-16(15)34(32,33)28-17/h1-5,10-11,17,27-28H,6-9H2. The minimum absolute atomic E-state index is 0.0738. The third kappa shape index (κ3) is 4.78. The Morgan fingerprint density at radius 3 is 2.12 bits per heavy atom. The predicted octanol–water partition coefficient (Wildman–Crippen LogP) is 3.10. The second-order valence-electron chi connectivity index (χ2n) is 7.77. The van der Waals surface area contributed by atoms with Crippen molar-refractivity contribution in [3.8, 4) is 0 Å². The number of fused-ring (bicyclic) bond motifs is 1. The van der Waals surface area contributed by atoms with Gasteiger partial charge in [-0.3, -0.25) is 4.79 Å². The molecule has 0 aromatic heterocycles. The zero-order valence-corrected chi connectivity index (χ0v) is 18.1. The van der Waals surface area contributed by atoms with Crippen LogP contribution in [0.4, 0.5) is 37.7 Å². The Balaban J connectivity index is 1.47. The average molecular weight is 508 g/mol. The van der Waals surface area contributed by atoms with Crippen molar-refractivity contribution >= 4 is 27.3 Å². The summed E-state index contributed by atoms with van der Waals surface area (Å²) in [7, 11) is -4.25. The molecule has 2 heterocycles. The highest BCUT2D eigenvalue weighted by atomic mass is 32.2. The molecule has 2 aliphatic heterocycles. The Labute approximate surface area is 190 Å². The van der Waals surface area contributed by atoms with Crippen LogP contribution in [0.1, 0.15) is 11.1 Å². The molecule has 7 nitrogen and oxygen atoms in total. The van der Waals surface area contributed by atoms with Gasteiger partial charge in [-0.05, 0) is 36.4 Å². The normalized spacial score (nSPS) is 20.5. The second-order valence-corrected chi connectivity index (χ2v) is 9.45. The van der Waals surface area contributed by atoms with E-state index in [0.29, 0.717) is 17.8 Å². The van der Waals surface area contributed by atoms with Crippen molar-refractivity contribution in [2.75, 3.05) is 36.4 Å². The molecule has 1 saturated heterocycles. The summed E-state index contributed by atoms with van der Waals surface area (Å²) in [6, 6.07) is 6.81. The van der Waals surface area contributed by atoms with Gasteiger partial charge in [0.05, 0.1) is 16.8 Å². The fourth-order valence-electron chi connectivity index (χ4n) is 3.82. The molecule has 0 radical (unpaired) electrons. The number of benzene rings is 2. The van der Waals surface area contributed by atoms with Crippen LogP contribution in [0.2, 0.25) is 0 Å². The van der Waals surface area contributed by atoms with Crippen molar-refractivity contribution in [2.24, 2.45) is 0 Å². The monoisotopic (exact) mass is 508 g/mol. The Hall–Kier alpha value is -3.00. The van der Waals surface area contributed by atoms with Gasteiger partial charge in [-0.15, -0.1) is 0 Å². The first-order valence-corrected chi connectivity index (χ1v) is 11.5. The fraction of sp³-hybridized carbons (Fsp3) is 0.350. The Morgan fingerprint density at radius 2 is 1.50 bits per heavy atom. The molecule has 184 valence electrons. The number of halogens is 6. The van der Waals surface area contributed by atoms with E-state index in [1.807, 2.05) is 0 Å². The molecule has 1 amide bonds. The number of alkyl halides is 6. The third-order valence-electron chi connectivity index (χ3n) is 5.55. The van der Waals surface area contributed by atoms with E-state index in [0.717, 1.165) is 18.2 Å². The second kappa shape index (κ2) is 8.34. The van der Waals surface area contributed by atoms with E-state index in [2.05, 4.69) is 10.0 Å². The maximum absolute atomic E-state index is 13.0. The van der Waals surface area contributed by atoms with Gasteiger partial charge in [0, 0.05) is 31.9 Å². The van der Waals surface area contributed by atoms with Crippen LogP contribution in [0.15, 0.2) is 47.4 Å². The first kappa shape index (κ1) is 24.1. The van der Waals surface area contributed by atoms with Gasteiger partial charge in [0.15, 0.2) is 6.17 Å². The summed E-state index contributed by atoms with van der Waals surface area (Å²) in [5.74, 6) is -0.713. The molecule has 2 aromatic rings. The van der Waals surface area contributed by atoms with Crippen LogP contribution in [0, 0.1) is 0 Å². The van der Waals surface area contributed by atoms with E-state index in [1.54, 1.807) is 4.90 Å². The first-order chi connectivity index (χ1) is 15.8. The number of carbonyl (C=O) groups excluding carboxylic acids is 1. The van der Waals surface area contributed by atoms with E-state index < -0.39 is 50.5 Å². The number of hydrogen-bond acceptors (Lipinski definition) is 5. The van der Waals surface area contributed by atoms with E-state index in [9.17, 15) is 39.6 Å². The van der Waals surface area contributed by atoms with Crippen molar-refractivity contribution in [1.82, 2.24) is 9.62 Å². The lowest BCUT2D eigenvalue weighted by atomic mass is 10.1. The molecule has 2 N–H and O–H groups in total. The lowest BCUT2D eigenvalue weighted by molar-refractivity contribution is -0.138. The largest absolute Gasteiger partial charge is 0.416 e. The molecule has 1 unspecified atom stereocenters. The number of rotatable bonds is 2. The minimum atomic E-state index is -4.70.